The summed E-state index contributed by atoms with van der Waals surface area (Å²) in [6, 6.07) is -7.27. The van der Waals surface area contributed by atoms with E-state index in [1.165, 1.54) is 0 Å². The van der Waals surface area contributed by atoms with E-state index in [9.17, 15) is 129 Å². The van der Waals surface area contributed by atoms with Crippen LogP contribution in [-0.2, 0) is 85.9 Å². The molecule has 42 heteroatoms. The van der Waals surface area contributed by atoms with E-state index >= 15 is 0 Å². The molecule has 41 nitrogen and oxygen atoms in total. The van der Waals surface area contributed by atoms with E-state index in [0.29, 0.717) is 0 Å². The molecule has 5 fully saturated rings. The molecular formula is C47H80N4O37S. The second kappa shape index (κ2) is 32.8. The maximum Gasteiger partial charge on any atom is 0.397 e. The first-order chi connectivity index (χ1) is 41.6. The Morgan fingerprint density at radius 1 is 0.551 bits per heavy atom. The van der Waals surface area contributed by atoms with Crippen LogP contribution in [0.2, 0.25) is 0 Å². The summed E-state index contributed by atoms with van der Waals surface area (Å²) >= 11 is 0. The first kappa shape index (κ1) is 75.9. The molecule has 516 valence electrons. The Bertz CT molecular complexity index is 2430. The lowest BCUT2D eigenvalue weighted by Crippen LogP contribution is -2.71. The second-order valence-corrected chi connectivity index (χ2v) is 22.5. The van der Waals surface area contributed by atoms with Gasteiger partial charge < -0.3 is 161 Å². The molecule has 0 spiro atoms. The smallest absolute Gasteiger partial charge is 0.397 e. The van der Waals surface area contributed by atoms with Crippen molar-refractivity contribution in [3.63, 3.8) is 0 Å². The first-order valence-electron chi connectivity index (χ1n) is 27.3. The van der Waals surface area contributed by atoms with E-state index in [4.69, 9.17) is 47.4 Å². The van der Waals surface area contributed by atoms with Crippen LogP contribution in [0.5, 0.6) is 0 Å². The fourth-order valence-corrected chi connectivity index (χ4v) is 10.9. The van der Waals surface area contributed by atoms with Crippen molar-refractivity contribution in [2.24, 2.45) is 0 Å². The van der Waals surface area contributed by atoms with Gasteiger partial charge in [-0.2, -0.15) is 8.42 Å². The predicted molar refractivity (Wildman–Crippen MR) is 275 cm³/mol. The Kier molecular flexibility index (Phi) is 28.0. The molecule has 0 bridgehead atoms. The fraction of sp³-hybridized carbons (Fsp3) is 0.894. The number of hydrogen-bond donors (Lipinski definition) is 23. The second-order valence-electron chi connectivity index (χ2n) is 21.4. The van der Waals surface area contributed by atoms with Crippen molar-refractivity contribution in [2.75, 3.05) is 46.2 Å². The quantitative estimate of drug-likeness (QED) is 0.0309. The maximum atomic E-state index is 13.1. The maximum absolute atomic E-state index is 13.1. The highest BCUT2D eigenvalue weighted by molar-refractivity contribution is 7.80. The summed E-state index contributed by atoms with van der Waals surface area (Å²) in [6.07, 6.45) is -56.0. The number of aliphatic hydroxyl groups excluding tert-OH is 17. The largest absolute Gasteiger partial charge is 0.477 e. The molecular weight excluding hydrogens is 1240 g/mol. The Balaban J connectivity index is 1.48. The van der Waals surface area contributed by atoms with E-state index in [1.807, 2.05) is 0 Å². The van der Waals surface area contributed by atoms with Gasteiger partial charge in [0.1, 0.15) is 134 Å². The monoisotopic (exact) mass is 1320 g/mol. The number of aliphatic carboxylic acids is 1. The van der Waals surface area contributed by atoms with Crippen LogP contribution < -0.4 is 21.3 Å². The van der Waals surface area contributed by atoms with Crippen molar-refractivity contribution >= 4 is 40.0 Å². The van der Waals surface area contributed by atoms with Gasteiger partial charge in [-0.1, -0.05) is 0 Å². The molecule has 89 heavy (non-hydrogen) atoms. The van der Waals surface area contributed by atoms with Crippen molar-refractivity contribution < 1.29 is 180 Å². The van der Waals surface area contributed by atoms with Gasteiger partial charge in [0.15, 0.2) is 25.2 Å². The number of carbonyl (C=O) groups is 5. The van der Waals surface area contributed by atoms with Crippen LogP contribution in [-0.4, -0.2) is 364 Å². The average molecular weight is 1330 g/mol. The zero-order valence-corrected chi connectivity index (χ0v) is 48.5. The van der Waals surface area contributed by atoms with Crippen molar-refractivity contribution in [3.8, 4) is 0 Å². The Labute approximate surface area is 504 Å². The lowest BCUT2D eigenvalue weighted by molar-refractivity contribution is -0.389. The van der Waals surface area contributed by atoms with Crippen LogP contribution in [0.15, 0.2) is 0 Å². The molecule has 5 saturated heterocycles. The van der Waals surface area contributed by atoms with Gasteiger partial charge in [0.05, 0.1) is 64.4 Å². The van der Waals surface area contributed by atoms with Crippen LogP contribution in [0.4, 0.5) is 0 Å². The fourth-order valence-electron chi connectivity index (χ4n) is 10.6. The van der Waals surface area contributed by atoms with Gasteiger partial charge in [-0.05, 0) is 0 Å². The van der Waals surface area contributed by atoms with Crippen LogP contribution >= 0.6 is 0 Å². The van der Waals surface area contributed by atoms with Crippen LogP contribution in [0.25, 0.3) is 0 Å². The summed E-state index contributed by atoms with van der Waals surface area (Å²) in [5, 5.41) is 204. The molecule has 0 aromatic heterocycles. The predicted octanol–water partition coefficient (Wildman–Crippen LogP) is -14.9. The molecule has 5 aliphatic heterocycles. The third-order valence-corrected chi connectivity index (χ3v) is 15.3. The van der Waals surface area contributed by atoms with Crippen LogP contribution in [0.1, 0.15) is 34.1 Å². The summed E-state index contributed by atoms with van der Waals surface area (Å²) in [5.74, 6) is -9.08. The Hall–Kier alpha value is -3.86. The molecule has 4 amide bonds. The SMILES string of the molecule is CC(=O)N[C@H]1[C@H](O[C@H]2[C@@H](O)[C@@H](CO)O[C@@H](O[C@H]3[C@H](O)[C@@H](NC(C)=O)[C@H](O[C@@H]([C@@H](O)[C@H](O)CO)[C@H](CO)NC(C)=O)O[C@@H]3CO)[C@@H]2O)O[C@H](COS(=O)(=O)O)[C@@H](O[C@@H]2O[C@H](CO)[C@H](O)[C@H](O[C@]3(C(=O)O)C[C@H](O)[C@@H](NC(C)=O)[C@H]([C@H](O)[C@H](O)CO)O3)[C@H]2O)[C@@H]1O. The molecule has 5 aliphatic rings. The van der Waals surface area contributed by atoms with Gasteiger partial charge >= 0.3 is 16.4 Å². The summed E-state index contributed by atoms with van der Waals surface area (Å²) in [5.41, 5.74) is 0. The number of carbonyl (C=O) groups excluding carboxylic acids is 4. The third kappa shape index (κ3) is 18.5. The van der Waals surface area contributed by atoms with Gasteiger partial charge in [-0.15, -0.1) is 0 Å². The third-order valence-electron chi connectivity index (χ3n) is 14.9. The highest BCUT2D eigenvalue weighted by Gasteiger charge is 2.61. The number of aliphatic hydroxyl groups is 17. The molecule has 0 aliphatic carbocycles. The highest BCUT2D eigenvalue weighted by atomic mass is 32.3. The first-order valence-corrected chi connectivity index (χ1v) is 28.7. The molecule has 5 rings (SSSR count). The van der Waals surface area contributed by atoms with E-state index < -0.39 is 276 Å². The van der Waals surface area contributed by atoms with Gasteiger partial charge in [-0.3, -0.25) is 23.7 Å². The van der Waals surface area contributed by atoms with Gasteiger partial charge in [-0.25, -0.2) is 8.98 Å². The molecule has 0 unspecified atom stereocenters. The number of carboxylic acids is 1. The molecule has 30 atom stereocenters. The molecule has 23 N–H and O–H groups in total. The minimum absolute atomic E-state index is 0.797. The summed E-state index contributed by atoms with van der Waals surface area (Å²) in [7, 11) is -5.51. The van der Waals surface area contributed by atoms with E-state index in [1.54, 1.807) is 0 Å². The molecule has 0 saturated carbocycles. The van der Waals surface area contributed by atoms with Crippen molar-refractivity contribution in [2.45, 2.75) is 217 Å². The minimum Gasteiger partial charge on any atom is -0.477 e. The van der Waals surface area contributed by atoms with E-state index in [2.05, 4.69) is 25.5 Å². The van der Waals surface area contributed by atoms with Crippen molar-refractivity contribution in [1.82, 2.24) is 21.3 Å². The summed E-state index contributed by atoms with van der Waals surface area (Å²) < 4.78 is 96.0. The van der Waals surface area contributed by atoms with Crippen molar-refractivity contribution in [3.05, 3.63) is 0 Å². The number of ether oxygens (including phenoxy) is 10. The van der Waals surface area contributed by atoms with Crippen LogP contribution in [0.3, 0.4) is 0 Å². The lowest BCUT2D eigenvalue weighted by atomic mass is 9.88. The molecule has 5 heterocycles. The molecule has 0 radical (unpaired) electrons. The van der Waals surface area contributed by atoms with E-state index in [-0.39, 0.29) is 0 Å². The number of rotatable bonds is 29. The van der Waals surface area contributed by atoms with Crippen molar-refractivity contribution in [1.29, 1.82) is 0 Å². The standard InChI is InChI=1S/C47H80N4O37S/c1-13(58)48-17(6-52)36(28(65)19(63)7-53)83-42-26(50-15(3)60)32(69)37(23(11-57)81-42)84-44-34(71)40(30(67)21(9-55)79-44)86-43-27(51-16(4)61)33(70)38(24(82-43)12-78-89(75,76)77)85-45-35(72)41(31(68)22(10-56)80-45)88-47(46(73)74)5-18(62)25(49-14(2)59)39(87-47)29(66)20(64)8-54/h17-45,52-57,62-72H,5-12H2,1-4H3,(H,48,58)(H,49,59)(H,50,60)(H,51,61)(H,73,74)(H,75,76,77)/t17-,18-,19+,20+,21+,22+,23+,24+,25+,26+,27+,28-,29+,30-,31-,32+,33+,34+,35+,36+,37+,38+,39+,40-,41-,42-,43-,44-,45-,47-/m0/s1. The summed E-state index contributed by atoms with van der Waals surface area (Å²) in [6.45, 7) is -4.49. The van der Waals surface area contributed by atoms with Crippen LogP contribution in [0, 0.1) is 0 Å². The zero-order valence-electron chi connectivity index (χ0n) is 47.7. The van der Waals surface area contributed by atoms with E-state index in [0.717, 1.165) is 27.7 Å². The Morgan fingerprint density at radius 3 is 1.46 bits per heavy atom. The molecule has 0 aromatic carbocycles. The Morgan fingerprint density at radius 2 is 1.00 bits per heavy atom. The normalized spacial score (nSPS) is 39.9. The number of hydrogen-bond acceptors (Lipinski definition) is 35. The number of nitrogens with one attached hydrogen (secondary N) is 4. The topological polar surface area (TPSA) is 654 Å². The number of amides is 4. The highest BCUT2D eigenvalue weighted by Crippen LogP contribution is 2.40. The lowest BCUT2D eigenvalue weighted by Gasteiger charge is -2.51. The summed E-state index contributed by atoms with van der Waals surface area (Å²) in [4.78, 5) is 62.7. The van der Waals surface area contributed by atoms with Gasteiger partial charge in [0.25, 0.3) is 5.79 Å². The molecule has 0 aromatic rings. The zero-order chi connectivity index (χ0) is 66.9. The van der Waals surface area contributed by atoms with Gasteiger partial charge in [0.2, 0.25) is 23.6 Å². The minimum atomic E-state index is -5.51. The number of carboxylic acid groups (broad SMARTS) is 1. The average Bonchev–Trinajstić information content (AvgIpc) is 1.16. The van der Waals surface area contributed by atoms with Gasteiger partial charge in [0, 0.05) is 34.1 Å².